The number of hydrogen-bond donors (Lipinski definition) is 1. The molecule has 0 aromatic rings. The Bertz CT molecular complexity index is 259. The van der Waals surface area contributed by atoms with Crippen LogP contribution in [0, 0.1) is 0 Å². The third-order valence-electron chi connectivity index (χ3n) is 1.65. The molecule has 58 valence electrons. The van der Waals surface area contributed by atoms with E-state index in [1.807, 2.05) is 25.2 Å². The zero-order valence-electron chi connectivity index (χ0n) is 6.50. The molecular formula is C9H11NO. The summed E-state index contributed by atoms with van der Waals surface area (Å²) in [5, 5.41) is 0. The number of carbonyl (C=O) groups excluding carboxylic acids is 1. The minimum atomic E-state index is -0.356. The zero-order valence-corrected chi connectivity index (χ0v) is 6.50. The van der Waals surface area contributed by atoms with E-state index in [1.54, 1.807) is 6.08 Å². The summed E-state index contributed by atoms with van der Waals surface area (Å²) in [7, 11) is 0. The van der Waals surface area contributed by atoms with E-state index in [0.717, 1.165) is 12.0 Å². The lowest BCUT2D eigenvalue weighted by Gasteiger charge is -1.99. The van der Waals surface area contributed by atoms with Crippen molar-refractivity contribution < 1.29 is 4.79 Å². The van der Waals surface area contributed by atoms with Gasteiger partial charge in [0.2, 0.25) is 5.91 Å². The largest absolute Gasteiger partial charge is 0.366 e. The van der Waals surface area contributed by atoms with Crippen molar-refractivity contribution in [3.05, 3.63) is 35.5 Å². The molecule has 1 amide bonds. The van der Waals surface area contributed by atoms with Crippen molar-refractivity contribution in [2.45, 2.75) is 13.3 Å². The molecule has 2 heteroatoms. The van der Waals surface area contributed by atoms with Gasteiger partial charge in [-0.1, -0.05) is 18.2 Å². The molecule has 0 atom stereocenters. The Morgan fingerprint density at radius 1 is 1.64 bits per heavy atom. The molecule has 0 aliphatic heterocycles. The van der Waals surface area contributed by atoms with Crippen molar-refractivity contribution in [2.75, 3.05) is 0 Å². The minimum absolute atomic E-state index is 0.356. The highest BCUT2D eigenvalue weighted by molar-refractivity contribution is 5.96. The van der Waals surface area contributed by atoms with Gasteiger partial charge >= 0.3 is 0 Å². The molecular weight excluding hydrogens is 138 g/mol. The van der Waals surface area contributed by atoms with E-state index in [1.165, 1.54) is 0 Å². The molecule has 1 aliphatic carbocycles. The first-order valence-corrected chi connectivity index (χ1v) is 3.55. The Balaban J connectivity index is 2.98. The number of hydrogen-bond acceptors (Lipinski definition) is 1. The lowest BCUT2D eigenvalue weighted by molar-refractivity contribution is -0.114. The molecule has 0 aromatic heterocycles. The van der Waals surface area contributed by atoms with E-state index in [-0.39, 0.29) is 5.91 Å². The summed E-state index contributed by atoms with van der Waals surface area (Å²) >= 11 is 0. The van der Waals surface area contributed by atoms with E-state index in [0.29, 0.717) is 5.57 Å². The second-order valence-corrected chi connectivity index (χ2v) is 2.50. The van der Waals surface area contributed by atoms with Gasteiger partial charge in [-0.2, -0.15) is 0 Å². The quantitative estimate of drug-likeness (QED) is 0.600. The Kier molecular flexibility index (Phi) is 2.26. The van der Waals surface area contributed by atoms with Gasteiger partial charge in [-0.15, -0.1) is 0 Å². The number of allylic oxidation sites excluding steroid dienone is 4. The highest BCUT2D eigenvalue weighted by Crippen LogP contribution is 2.12. The minimum Gasteiger partial charge on any atom is -0.366 e. The molecule has 11 heavy (non-hydrogen) atoms. The van der Waals surface area contributed by atoms with Gasteiger partial charge in [-0.05, 0) is 25.0 Å². The SMILES string of the molecule is CC1=CCC=CC=C1C(N)=O. The van der Waals surface area contributed by atoms with Crippen LogP contribution < -0.4 is 5.73 Å². The Morgan fingerprint density at radius 3 is 3.00 bits per heavy atom. The molecule has 0 unspecified atom stereocenters. The zero-order chi connectivity index (χ0) is 8.27. The second kappa shape index (κ2) is 3.19. The molecule has 0 heterocycles. The van der Waals surface area contributed by atoms with Crippen LogP contribution in [0.3, 0.4) is 0 Å². The van der Waals surface area contributed by atoms with Crippen LogP contribution in [0.25, 0.3) is 0 Å². The van der Waals surface area contributed by atoms with Crippen molar-refractivity contribution in [3.8, 4) is 0 Å². The fraction of sp³-hybridized carbons (Fsp3) is 0.222. The molecule has 0 saturated carbocycles. The Morgan fingerprint density at radius 2 is 2.36 bits per heavy atom. The third-order valence-corrected chi connectivity index (χ3v) is 1.65. The van der Waals surface area contributed by atoms with Crippen molar-refractivity contribution in [1.29, 1.82) is 0 Å². The fourth-order valence-electron chi connectivity index (χ4n) is 1.01. The van der Waals surface area contributed by atoms with E-state index in [2.05, 4.69) is 0 Å². The lowest BCUT2D eigenvalue weighted by Crippen LogP contribution is -2.14. The number of amides is 1. The molecule has 2 N–H and O–H groups in total. The predicted molar refractivity (Wildman–Crippen MR) is 44.8 cm³/mol. The monoisotopic (exact) mass is 149 g/mol. The number of rotatable bonds is 1. The van der Waals surface area contributed by atoms with Gasteiger partial charge in [-0.3, -0.25) is 4.79 Å². The average molecular weight is 149 g/mol. The third kappa shape index (κ3) is 1.80. The number of nitrogens with two attached hydrogens (primary N) is 1. The maximum absolute atomic E-state index is 10.8. The van der Waals surface area contributed by atoms with Crippen LogP contribution >= 0.6 is 0 Å². The van der Waals surface area contributed by atoms with E-state index in [4.69, 9.17) is 5.73 Å². The van der Waals surface area contributed by atoms with Crippen molar-refractivity contribution in [2.24, 2.45) is 5.73 Å². The van der Waals surface area contributed by atoms with Gasteiger partial charge in [-0.25, -0.2) is 0 Å². The Labute approximate surface area is 66.1 Å². The predicted octanol–water partition coefficient (Wildman–Crippen LogP) is 1.30. The first-order chi connectivity index (χ1) is 5.22. The van der Waals surface area contributed by atoms with Gasteiger partial charge in [0.15, 0.2) is 0 Å². The van der Waals surface area contributed by atoms with Gasteiger partial charge in [0.25, 0.3) is 0 Å². The van der Waals surface area contributed by atoms with Crippen LogP contribution in [-0.2, 0) is 4.79 Å². The molecule has 0 saturated heterocycles. The molecule has 1 rings (SSSR count). The summed E-state index contributed by atoms with van der Waals surface area (Å²) in [6.45, 7) is 1.89. The molecule has 0 fully saturated rings. The van der Waals surface area contributed by atoms with Crippen molar-refractivity contribution >= 4 is 5.91 Å². The van der Waals surface area contributed by atoms with E-state index < -0.39 is 0 Å². The maximum Gasteiger partial charge on any atom is 0.248 e. The smallest absolute Gasteiger partial charge is 0.248 e. The van der Waals surface area contributed by atoms with Crippen LogP contribution in [0.5, 0.6) is 0 Å². The average Bonchev–Trinajstić information content (AvgIpc) is 2.13. The normalized spacial score (nSPS) is 16.8. The summed E-state index contributed by atoms with van der Waals surface area (Å²) in [6, 6.07) is 0. The molecule has 1 aliphatic rings. The van der Waals surface area contributed by atoms with E-state index >= 15 is 0 Å². The van der Waals surface area contributed by atoms with Crippen LogP contribution in [-0.4, -0.2) is 5.91 Å². The molecule has 0 aromatic carbocycles. The molecule has 0 bridgehead atoms. The second-order valence-electron chi connectivity index (χ2n) is 2.50. The van der Waals surface area contributed by atoms with Crippen molar-refractivity contribution in [3.63, 3.8) is 0 Å². The maximum atomic E-state index is 10.8. The highest BCUT2D eigenvalue weighted by Gasteiger charge is 2.05. The summed E-state index contributed by atoms with van der Waals surface area (Å²) in [4.78, 5) is 10.8. The number of carbonyl (C=O) groups is 1. The van der Waals surface area contributed by atoms with Crippen LogP contribution in [0.15, 0.2) is 35.5 Å². The van der Waals surface area contributed by atoms with Crippen LogP contribution in [0.1, 0.15) is 13.3 Å². The first kappa shape index (κ1) is 7.79. The fourth-order valence-corrected chi connectivity index (χ4v) is 1.01. The Hall–Kier alpha value is -1.31. The van der Waals surface area contributed by atoms with Crippen molar-refractivity contribution in [1.82, 2.24) is 0 Å². The van der Waals surface area contributed by atoms with Gasteiger partial charge in [0.1, 0.15) is 0 Å². The summed E-state index contributed by atoms with van der Waals surface area (Å²) in [5.41, 5.74) is 6.72. The highest BCUT2D eigenvalue weighted by atomic mass is 16.1. The van der Waals surface area contributed by atoms with Gasteiger partial charge < -0.3 is 5.73 Å². The standard InChI is InChI=1S/C9H11NO/c1-7-5-3-2-4-6-8(7)9(10)11/h2,4-6H,3H2,1H3,(H2,10,11). The summed E-state index contributed by atoms with van der Waals surface area (Å²) in [6.07, 6.45) is 8.45. The van der Waals surface area contributed by atoms with E-state index in [9.17, 15) is 4.79 Å². The van der Waals surface area contributed by atoms with Gasteiger partial charge in [0, 0.05) is 5.57 Å². The summed E-state index contributed by atoms with van der Waals surface area (Å²) < 4.78 is 0. The lowest BCUT2D eigenvalue weighted by atomic mass is 10.1. The van der Waals surface area contributed by atoms with Crippen LogP contribution in [0.4, 0.5) is 0 Å². The topological polar surface area (TPSA) is 43.1 Å². The summed E-state index contributed by atoms with van der Waals surface area (Å²) in [5.74, 6) is -0.356. The molecule has 0 spiro atoms. The van der Waals surface area contributed by atoms with Crippen LogP contribution in [0.2, 0.25) is 0 Å². The molecule has 2 nitrogen and oxygen atoms in total. The van der Waals surface area contributed by atoms with Gasteiger partial charge in [0.05, 0.1) is 0 Å². The number of primary amides is 1. The molecule has 0 radical (unpaired) electrons. The first-order valence-electron chi connectivity index (χ1n) is 3.55.